The van der Waals surface area contributed by atoms with Crippen LogP contribution in [0.1, 0.15) is 17.0 Å². The van der Waals surface area contributed by atoms with Crippen LogP contribution < -0.4 is 10.2 Å². The molecule has 3 atom stereocenters. The molecule has 0 saturated heterocycles. The van der Waals surface area contributed by atoms with Crippen molar-refractivity contribution in [3.8, 4) is 0 Å². The number of rotatable bonds is 4. The van der Waals surface area contributed by atoms with Gasteiger partial charge in [0, 0.05) is 26.8 Å². The summed E-state index contributed by atoms with van der Waals surface area (Å²) in [7, 11) is 3.99. The van der Waals surface area contributed by atoms with Crippen molar-refractivity contribution in [2.24, 2.45) is 11.8 Å². The van der Waals surface area contributed by atoms with Crippen LogP contribution >= 0.6 is 0 Å². The van der Waals surface area contributed by atoms with Crippen molar-refractivity contribution in [3.05, 3.63) is 47.7 Å². The van der Waals surface area contributed by atoms with E-state index < -0.39 is 0 Å². The van der Waals surface area contributed by atoms with Crippen molar-refractivity contribution < 1.29 is 0 Å². The fraction of sp³-hybridized carbons (Fsp3) is 0.412. The average Bonchev–Trinajstić information content (AvgIpc) is 3.04. The molecule has 108 valence electrons. The lowest BCUT2D eigenvalue weighted by molar-refractivity contribution is 0.716. The lowest BCUT2D eigenvalue weighted by atomic mass is 10.0. The average molecular weight is 280 g/mol. The lowest BCUT2D eigenvalue weighted by Gasteiger charge is -2.13. The molecule has 0 radical (unpaired) electrons. The Morgan fingerprint density at radius 1 is 1.24 bits per heavy atom. The second-order valence-corrected chi connectivity index (χ2v) is 6.27. The second kappa shape index (κ2) is 4.72. The summed E-state index contributed by atoms with van der Waals surface area (Å²) in [5.74, 6) is 4.00. The SMILES string of the molecule is CN(C)c1ccnc(NCC2C3Cc4ccccc4C23)n1. The Balaban J connectivity index is 1.41. The summed E-state index contributed by atoms with van der Waals surface area (Å²) < 4.78 is 0. The molecule has 1 aromatic carbocycles. The molecule has 1 heterocycles. The third-order valence-corrected chi connectivity index (χ3v) is 4.80. The van der Waals surface area contributed by atoms with Crippen molar-refractivity contribution in [2.75, 3.05) is 30.9 Å². The number of nitrogens with one attached hydrogen (secondary N) is 1. The number of hydrogen-bond donors (Lipinski definition) is 1. The van der Waals surface area contributed by atoms with E-state index in [2.05, 4.69) is 39.6 Å². The molecule has 2 aliphatic carbocycles. The van der Waals surface area contributed by atoms with Gasteiger partial charge in [-0.25, -0.2) is 4.98 Å². The number of hydrogen-bond acceptors (Lipinski definition) is 4. The first kappa shape index (κ1) is 12.6. The molecule has 0 aliphatic heterocycles. The monoisotopic (exact) mass is 280 g/mol. The fourth-order valence-electron chi connectivity index (χ4n) is 3.65. The van der Waals surface area contributed by atoms with E-state index in [9.17, 15) is 0 Å². The van der Waals surface area contributed by atoms with Crippen LogP contribution in [0.25, 0.3) is 0 Å². The quantitative estimate of drug-likeness (QED) is 0.934. The molecule has 0 bridgehead atoms. The van der Waals surface area contributed by atoms with Crippen LogP contribution in [0.5, 0.6) is 0 Å². The fourth-order valence-corrected chi connectivity index (χ4v) is 3.65. The van der Waals surface area contributed by atoms with Crippen LogP contribution in [0.4, 0.5) is 11.8 Å². The zero-order valence-electron chi connectivity index (χ0n) is 12.5. The van der Waals surface area contributed by atoms with E-state index in [0.717, 1.165) is 36.1 Å². The molecule has 3 unspecified atom stereocenters. The van der Waals surface area contributed by atoms with Crippen molar-refractivity contribution >= 4 is 11.8 Å². The second-order valence-electron chi connectivity index (χ2n) is 6.27. The van der Waals surface area contributed by atoms with Gasteiger partial charge in [-0.15, -0.1) is 0 Å². The van der Waals surface area contributed by atoms with E-state index in [-0.39, 0.29) is 0 Å². The standard InChI is InChI=1S/C17H20N4/c1-21(2)15-7-8-18-17(20-15)19-10-14-13-9-11-5-3-4-6-12(11)16(13)14/h3-8,13-14,16H,9-10H2,1-2H3,(H,18,19,20). The largest absolute Gasteiger partial charge is 0.363 e. The number of benzene rings is 1. The Morgan fingerprint density at radius 2 is 2.10 bits per heavy atom. The smallest absolute Gasteiger partial charge is 0.224 e. The predicted octanol–water partition coefficient (Wildman–Crippen LogP) is 2.54. The van der Waals surface area contributed by atoms with Crippen LogP contribution in [-0.4, -0.2) is 30.6 Å². The minimum absolute atomic E-state index is 0.736. The maximum atomic E-state index is 4.51. The topological polar surface area (TPSA) is 41.1 Å². The Kier molecular flexibility index (Phi) is 2.84. The highest BCUT2D eigenvalue weighted by Gasteiger charge is 2.54. The van der Waals surface area contributed by atoms with Crippen LogP contribution in [0.15, 0.2) is 36.5 Å². The van der Waals surface area contributed by atoms with Crippen LogP contribution in [-0.2, 0) is 6.42 Å². The Hall–Kier alpha value is -2.10. The molecule has 4 nitrogen and oxygen atoms in total. The predicted molar refractivity (Wildman–Crippen MR) is 84.7 cm³/mol. The van der Waals surface area contributed by atoms with Gasteiger partial charge in [-0.2, -0.15) is 4.98 Å². The van der Waals surface area contributed by atoms with Crippen LogP contribution in [0.3, 0.4) is 0 Å². The van der Waals surface area contributed by atoms with Gasteiger partial charge in [0.25, 0.3) is 0 Å². The molecule has 1 fully saturated rings. The molecule has 2 aliphatic rings. The number of nitrogens with zero attached hydrogens (tertiary/aromatic N) is 3. The summed E-state index contributed by atoms with van der Waals surface area (Å²) in [4.78, 5) is 10.8. The zero-order valence-corrected chi connectivity index (χ0v) is 12.5. The van der Waals surface area contributed by atoms with Gasteiger partial charge in [-0.1, -0.05) is 24.3 Å². The van der Waals surface area contributed by atoms with Gasteiger partial charge in [-0.05, 0) is 41.4 Å². The van der Waals surface area contributed by atoms with Crippen LogP contribution in [0, 0.1) is 11.8 Å². The molecule has 0 spiro atoms. The molecular formula is C17H20N4. The van der Waals surface area contributed by atoms with E-state index in [1.165, 1.54) is 6.42 Å². The molecule has 4 heteroatoms. The maximum Gasteiger partial charge on any atom is 0.224 e. The van der Waals surface area contributed by atoms with Gasteiger partial charge in [-0.3, -0.25) is 0 Å². The number of fused-ring (bicyclic) bond motifs is 3. The van der Waals surface area contributed by atoms with Gasteiger partial charge in [0.15, 0.2) is 0 Å². The first-order chi connectivity index (χ1) is 10.2. The highest BCUT2D eigenvalue weighted by atomic mass is 15.2. The Morgan fingerprint density at radius 3 is 2.95 bits per heavy atom. The highest BCUT2D eigenvalue weighted by molar-refractivity contribution is 5.45. The molecule has 1 saturated carbocycles. The van der Waals surface area contributed by atoms with Crippen molar-refractivity contribution in [2.45, 2.75) is 12.3 Å². The third kappa shape index (κ3) is 2.15. The van der Waals surface area contributed by atoms with E-state index >= 15 is 0 Å². The first-order valence-corrected chi connectivity index (χ1v) is 7.56. The zero-order chi connectivity index (χ0) is 14.4. The summed E-state index contributed by atoms with van der Waals surface area (Å²) in [6.07, 6.45) is 3.06. The minimum atomic E-state index is 0.736. The molecule has 1 N–H and O–H groups in total. The molecular weight excluding hydrogens is 260 g/mol. The van der Waals surface area contributed by atoms with E-state index in [0.29, 0.717) is 0 Å². The lowest BCUT2D eigenvalue weighted by Crippen LogP contribution is -2.14. The summed E-state index contributed by atoms with van der Waals surface area (Å²) >= 11 is 0. The molecule has 4 rings (SSSR count). The van der Waals surface area contributed by atoms with E-state index in [4.69, 9.17) is 0 Å². The minimum Gasteiger partial charge on any atom is -0.363 e. The van der Waals surface area contributed by atoms with Gasteiger partial charge in [0.1, 0.15) is 5.82 Å². The summed E-state index contributed by atoms with van der Waals surface area (Å²) in [5, 5.41) is 3.41. The molecule has 1 aromatic heterocycles. The van der Waals surface area contributed by atoms with Gasteiger partial charge < -0.3 is 10.2 Å². The van der Waals surface area contributed by atoms with Crippen molar-refractivity contribution in [1.82, 2.24) is 9.97 Å². The first-order valence-electron chi connectivity index (χ1n) is 7.56. The molecule has 21 heavy (non-hydrogen) atoms. The van der Waals surface area contributed by atoms with E-state index in [1.807, 2.05) is 31.3 Å². The van der Waals surface area contributed by atoms with E-state index in [1.54, 1.807) is 11.1 Å². The summed E-state index contributed by atoms with van der Waals surface area (Å²) in [5.41, 5.74) is 3.12. The Bertz CT molecular complexity index is 667. The summed E-state index contributed by atoms with van der Waals surface area (Å²) in [6, 6.07) is 10.8. The molecule has 2 aromatic rings. The maximum absolute atomic E-state index is 4.51. The normalized spacial score (nSPS) is 25.1. The Labute approximate surface area is 125 Å². The number of aromatic nitrogens is 2. The summed E-state index contributed by atoms with van der Waals surface area (Å²) in [6.45, 7) is 0.973. The number of anilines is 2. The van der Waals surface area contributed by atoms with Crippen molar-refractivity contribution in [3.63, 3.8) is 0 Å². The van der Waals surface area contributed by atoms with Crippen LogP contribution in [0.2, 0.25) is 0 Å². The van der Waals surface area contributed by atoms with Gasteiger partial charge in [0.05, 0.1) is 0 Å². The molecule has 0 amide bonds. The third-order valence-electron chi connectivity index (χ3n) is 4.80. The highest BCUT2D eigenvalue weighted by Crippen LogP contribution is 2.61. The van der Waals surface area contributed by atoms with Gasteiger partial charge in [0.2, 0.25) is 5.95 Å². The van der Waals surface area contributed by atoms with Gasteiger partial charge >= 0.3 is 0 Å². The van der Waals surface area contributed by atoms with Crippen molar-refractivity contribution in [1.29, 1.82) is 0 Å².